The number of hydrogen-bond acceptors (Lipinski definition) is 5. The minimum atomic E-state index is -3.36. The van der Waals surface area contributed by atoms with Gasteiger partial charge in [0, 0.05) is 19.2 Å². The summed E-state index contributed by atoms with van der Waals surface area (Å²) >= 11 is 0. The van der Waals surface area contributed by atoms with Crippen LogP contribution in [-0.4, -0.2) is 22.7 Å². The lowest BCUT2D eigenvalue weighted by Crippen LogP contribution is -2.11. The average molecular weight is 439 g/mol. The van der Waals surface area contributed by atoms with Crippen molar-refractivity contribution in [1.29, 1.82) is 0 Å². The normalized spacial score (nSPS) is 16.3. The van der Waals surface area contributed by atoms with Crippen molar-refractivity contribution in [3.8, 4) is 22.6 Å². The zero-order valence-electron chi connectivity index (χ0n) is 16.9. The van der Waals surface area contributed by atoms with Gasteiger partial charge in [0.25, 0.3) is 0 Å². The molecule has 0 amide bonds. The fourth-order valence-corrected chi connectivity index (χ4v) is 4.52. The summed E-state index contributed by atoms with van der Waals surface area (Å²) in [5.41, 5.74) is 8.25. The lowest BCUT2D eigenvalue weighted by Gasteiger charge is -2.20. The summed E-state index contributed by atoms with van der Waals surface area (Å²) in [6.07, 6.45) is -0.625. The fourth-order valence-electron chi connectivity index (χ4n) is 3.17. The maximum Gasteiger partial charge on any atom is 0.341 e. The van der Waals surface area contributed by atoms with Gasteiger partial charge in [-0.3, -0.25) is 19.2 Å². The van der Waals surface area contributed by atoms with E-state index in [2.05, 4.69) is 0 Å². The molecule has 2 N–H and O–H groups in total. The predicted molar refractivity (Wildman–Crippen MR) is 118 cm³/mol. The molecule has 3 aromatic rings. The molecule has 0 aromatic heterocycles. The summed E-state index contributed by atoms with van der Waals surface area (Å²) in [6.45, 7) is 2.96. The standard InChI is InChI=1S/C22H22N3O5P/c1-16(30-31(23,28)24-13-14-24)19-9-12-21(25(26)27)22(15-19)29-20-10-7-18(8-11-20)17-5-3-2-4-6-17/h2-12,15-16H,13-14H2,1H3,(H2,23,28)/t16-,31?/m0/s1. The zero-order chi connectivity index (χ0) is 22.0. The highest BCUT2D eigenvalue weighted by molar-refractivity contribution is 7.54. The van der Waals surface area contributed by atoms with Crippen molar-refractivity contribution in [3.63, 3.8) is 0 Å². The van der Waals surface area contributed by atoms with Crippen molar-refractivity contribution < 1.29 is 18.7 Å². The summed E-state index contributed by atoms with van der Waals surface area (Å²) in [5, 5.41) is 11.5. The Hall–Kier alpha value is -3.03. The highest BCUT2D eigenvalue weighted by atomic mass is 31.2. The molecule has 0 radical (unpaired) electrons. The number of benzene rings is 3. The molecule has 2 atom stereocenters. The van der Waals surface area contributed by atoms with E-state index >= 15 is 0 Å². The molecule has 0 spiro atoms. The minimum Gasteiger partial charge on any atom is -0.450 e. The molecule has 1 saturated heterocycles. The lowest BCUT2D eigenvalue weighted by atomic mass is 10.1. The molecule has 1 unspecified atom stereocenters. The fraction of sp³-hybridized carbons (Fsp3) is 0.182. The van der Waals surface area contributed by atoms with E-state index in [0.717, 1.165) is 11.1 Å². The average Bonchev–Trinajstić information content (AvgIpc) is 3.61. The van der Waals surface area contributed by atoms with Gasteiger partial charge in [-0.05, 0) is 47.9 Å². The van der Waals surface area contributed by atoms with Crippen molar-refractivity contribution >= 4 is 13.4 Å². The SMILES string of the molecule is C[C@H](OP(N)(=O)N1CC1)c1ccc([N+](=O)[O-])c(Oc2ccc(-c3ccccc3)cc2)c1. The summed E-state index contributed by atoms with van der Waals surface area (Å²) < 4.78 is 25.3. The molecule has 31 heavy (non-hydrogen) atoms. The molecule has 4 rings (SSSR count). The number of nitrogens with zero attached hydrogens (tertiary/aromatic N) is 2. The van der Waals surface area contributed by atoms with Crippen molar-refractivity contribution in [3.05, 3.63) is 88.5 Å². The van der Waals surface area contributed by atoms with Crippen LogP contribution in [0.15, 0.2) is 72.8 Å². The van der Waals surface area contributed by atoms with Gasteiger partial charge in [0.1, 0.15) is 5.75 Å². The van der Waals surface area contributed by atoms with Gasteiger partial charge in [-0.15, -0.1) is 0 Å². The molecule has 9 heteroatoms. The topological polar surface area (TPSA) is 108 Å². The number of ether oxygens (including phenoxy) is 1. The first kappa shape index (κ1) is 21.2. The van der Waals surface area contributed by atoms with Crippen LogP contribution in [0.3, 0.4) is 0 Å². The molecular weight excluding hydrogens is 417 g/mol. The monoisotopic (exact) mass is 439 g/mol. The Morgan fingerprint density at radius 1 is 1.03 bits per heavy atom. The first-order valence-corrected chi connectivity index (χ1v) is 11.4. The van der Waals surface area contributed by atoms with Crippen molar-refractivity contribution in [2.45, 2.75) is 13.0 Å². The van der Waals surface area contributed by atoms with Gasteiger partial charge in [0.05, 0.1) is 11.0 Å². The molecule has 1 aliphatic heterocycles. The molecule has 1 aliphatic rings. The number of nitro groups is 1. The summed E-state index contributed by atoms with van der Waals surface area (Å²) in [4.78, 5) is 11.0. The zero-order valence-corrected chi connectivity index (χ0v) is 17.8. The van der Waals surface area contributed by atoms with Gasteiger partial charge in [0.15, 0.2) is 0 Å². The molecule has 1 fully saturated rings. The summed E-state index contributed by atoms with van der Waals surface area (Å²) in [7, 11) is -3.36. The Morgan fingerprint density at radius 3 is 2.29 bits per heavy atom. The second kappa shape index (κ2) is 8.61. The largest absolute Gasteiger partial charge is 0.450 e. The van der Waals surface area contributed by atoms with Gasteiger partial charge < -0.3 is 4.74 Å². The van der Waals surface area contributed by atoms with E-state index < -0.39 is 18.7 Å². The molecule has 0 saturated carbocycles. The molecule has 8 nitrogen and oxygen atoms in total. The van der Waals surface area contributed by atoms with Gasteiger partial charge in [0.2, 0.25) is 5.75 Å². The molecule has 0 aliphatic carbocycles. The first-order chi connectivity index (χ1) is 14.8. The smallest absolute Gasteiger partial charge is 0.341 e. The van der Waals surface area contributed by atoms with E-state index in [4.69, 9.17) is 14.8 Å². The molecule has 3 aromatic carbocycles. The van der Waals surface area contributed by atoms with Gasteiger partial charge >= 0.3 is 13.4 Å². The third-order valence-corrected chi connectivity index (χ3v) is 6.77. The van der Waals surface area contributed by atoms with E-state index in [-0.39, 0.29) is 11.4 Å². The van der Waals surface area contributed by atoms with E-state index in [1.54, 1.807) is 29.8 Å². The van der Waals surface area contributed by atoms with Gasteiger partial charge in [-0.2, -0.15) is 0 Å². The molecule has 160 valence electrons. The third kappa shape index (κ3) is 5.00. The lowest BCUT2D eigenvalue weighted by molar-refractivity contribution is -0.385. The Balaban J connectivity index is 1.57. The molecular formula is C22H22N3O5P. The van der Waals surface area contributed by atoms with Crippen molar-refractivity contribution in [1.82, 2.24) is 4.67 Å². The van der Waals surface area contributed by atoms with E-state index in [1.807, 2.05) is 42.5 Å². The highest BCUT2D eigenvalue weighted by Crippen LogP contribution is 2.51. The number of nitro benzene ring substituents is 1. The van der Waals surface area contributed by atoms with Crippen LogP contribution < -0.4 is 10.2 Å². The van der Waals surface area contributed by atoms with Crippen LogP contribution in [0.4, 0.5) is 5.69 Å². The molecule has 1 heterocycles. The van der Waals surface area contributed by atoms with Crippen LogP contribution in [0.5, 0.6) is 11.5 Å². The summed E-state index contributed by atoms with van der Waals surface area (Å²) in [5.74, 6) is 0.533. The van der Waals surface area contributed by atoms with Crippen LogP contribution >= 0.6 is 7.67 Å². The van der Waals surface area contributed by atoms with Crippen LogP contribution in [0, 0.1) is 10.1 Å². The maximum absolute atomic E-state index is 12.4. The van der Waals surface area contributed by atoms with E-state index in [0.29, 0.717) is 24.4 Å². The van der Waals surface area contributed by atoms with Gasteiger partial charge in [-0.1, -0.05) is 42.5 Å². The van der Waals surface area contributed by atoms with Crippen LogP contribution in [0.2, 0.25) is 0 Å². The predicted octanol–water partition coefficient (Wildman–Crippen LogP) is 5.51. The number of rotatable bonds is 8. The second-order valence-corrected chi connectivity index (χ2v) is 9.15. The van der Waals surface area contributed by atoms with Crippen molar-refractivity contribution in [2.24, 2.45) is 5.50 Å². The van der Waals surface area contributed by atoms with E-state index in [1.165, 1.54) is 12.1 Å². The van der Waals surface area contributed by atoms with Crippen molar-refractivity contribution in [2.75, 3.05) is 13.1 Å². The summed E-state index contributed by atoms with van der Waals surface area (Å²) in [6, 6.07) is 21.6. The second-order valence-electron chi connectivity index (χ2n) is 7.24. The first-order valence-electron chi connectivity index (χ1n) is 9.77. The Kier molecular flexibility index (Phi) is 5.89. The highest BCUT2D eigenvalue weighted by Gasteiger charge is 2.37. The van der Waals surface area contributed by atoms with Crippen LogP contribution in [0.25, 0.3) is 11.1 Å². The van der Waals surface area contributed by atoms with Crippen LogP contribution in [-0.2, 0) is 9.09 Å². The Morgan fingerprint density at radius 2 is 1.68 bits per heavy atom. The van der Waals surface area contributed by atoms with Gasteiger partial charge in [-0.25, -0.2) is 10.2 Å². The van der Waals surface area contributed by atoms with Crippen LogP contribution in [0.1, 0.15) is 18.6 Å². The third-order valence-electron chi connectivity index (χ3n) is 4.97. The Labute approximate surface area is 179 Å². The molecule has 0 bridgehead atoms. The minimum absolute atomic E-state index is 0.0731. The maximum atomic E-state index is 12.4. The van der Waals surface area contributed by atoms with E-state index in [9.17, 15) is 14.7 Å². The Bertz CT molecular complexity index is 1130. The number of nitrogens with two attached hydrogens (primary N) is 1. The number of hydrogen-bond donors (Lipinski definition) is 1. The quantitative estimate of drug-likeness (QED) is 0.213.